The van der Waals surface area contributed by atoms with Crippen molar-refractivity contribution in [1.29, 1.82) is 0 Å². The number of benzene rings is 1. The van der Waals surface area contributed by atoms with Crippen molar-refractivity contribution in [3.05, 3.63) is 46.2 Å². The predicted molar refractivity (Wildman–Crippen MR) is 99.1 cm³/mol. The fourth-order valence-electron chi connectivity index (χ4n) is 2.61. The monoisotopic (exact) mass is 350 g/mol. The maximum absolute atomic E-state index is 5.97. The molecule has 0 saturated heterocycles. The van der Waals surface area contributed by atoms with Crippen LogP contribution in [0, 0.1) is 13.8 Å². The number of nitrogens with zero attached hydrogens (tertiary/aromatic N) is 3. The Balaban J connectivity index is 1.93. The van der Waals surface area contributed by atoms with Crippen LogP contribution in [0.1, 0.15) is 17.0 Å². The number of ether oxygens (including phenoxy) is 1. The average molecular weight is 351 g/mol. The molecular formula is C18H27ClN4O. The third-order valence-corrected chi connectivity index (χ3v) is 4.41. The number of rotatable bonds is 9. The fourth-order valence-corrected chi connectivity index (χ4v) is 2.73. The van der Waals surface area contributed by atoms with Crippen molar-refractivity contribution in [3.8, 4) is 5.69 Å². The van der Waals surface area contributed by atoms with Gasteiger partial charge in [0.2, 0.25) is 0 Å². The maximum atomic E-state index is 5.97. The SMILES string of the molecule is COCCN(C)CCNCc1c(C)nn(-c2ccc(Cl)cc2)c1C. The molecule has 1 aromatic heterocycles. The van der Waals surface area contributed by atoms with E-state index in [1.807, 2.05) is 28.9 Å². The molecule has 0 bridgehead atoms. The Kier molecular flexibility index (Phi) is 7.24. The standard InChI is InChI=1S/C18H27ClN4O/c1-14-18(13-20-9-10-22(3)11-12-24-4)15(2)23(21-14)17-7-5-16(19)6-8-17/h5-8,20H,9-13H2,1-4H3. The van der Waals surface area contributed by atoms with Gasteiger partial charge in [0.1, 0.15) is 0 Å². The van der Waals surface area contributed by atoms with Crippen LogP contribution < -0.4 is 5.32 Å². The van der Waals surface area contributed by atoms with Crippen molar-refractivity contribution in [2.45, 2.75) is 20.4 Å². The number of aromatic nitrogens is 2. The second kappa shape index (κ2) is 9.18. The number of hydrogen-bond donors (Lipinski definition) is 1. The van der Waals surface area contributed by atoms with Crippen LogP contribution in [0.3, 0.4) is 0 Å². The second-order valence-electron chi connectivity index (χ2n) is 6.01. The molecule has 0 fully saturated rings. The molecule has 0 unspecified atom stereocenters. The van der Waals surface area contributed by atoms with E-state index < -0.39 is 0 Å². The van der Waals surface area contributed by atoms with Gasteiger partial charge in [-0.15, -0.1) is 0 Å². The van der Waals surface area contributed by atoms with Gasteiger partial charge in [-0.3, -0.25) is 0 Å². The summed E-state index contributed by atoms with van der Waals surface area (Å²) in [4.78, 5) is 2.26. The van der Waals surface area contributed by atoms with Gasteiger partial charge in [-0.1, -0.05) is 11.6 Å². The van der Waals surface area contributed by atoms with Gasteiger partial charge >= 0.3 is 0 Å². The second-order valence-corrected chi connectivity index (χ2v) is 6.45. The summed E-state index contributed by atoms with van der Waals surface area (Å²) in [7, 11) is 3.84. The summed E-state index contributed by atoms with van der Waals surface area (Å²) in [6.07, 6.45) is 0. The lowest BCUT2D eigenvalue weighted by molar-refractivity contribution is 0.161. The van der Waals surface area contributed by atoms with Crippen LogP contribution in [0.15, 0.2) is 24.3 Å². The summed E-state index contributed by atoms with van der Waals surface area (Å²) in [6.45, 7) is 8.63. The molecule has 0 amide bonds. The van der Waals surface area contributed by atoms with E-state index in [0.717, 1.165) is 54.9 Å². The minimum atomic E-state index is 0.736. The number of likely N-dealkylation sites (N-methyl/N-ethyl adjacent to an activating group) is 1. The largest absolute Gasteiger partial charge is 0.383 e. The molecule has 2 aromatic rings. The Morgan fingerprint density at radius 3 is 2.58 bits per heavy atom. The van der Waals surface area contributed by atoms with Crippen molar-refractivity contribution in [1.82, 2.24) is 20.0 Å². The van der Waals surface area contributed by atoms with Crippen molar-refractivity contribution >= 4 is 11.6 Å². The van der Waals surface area contributed by atoms with E-state index in [-0.39, 0.29) is 0 Å². The first-order chi connectivity index (χ1) is 11.5. The molecule has 0 aliphatic carbocycles. The molecule has 5 nitrogen and oxygen atoms in total. The van der Waals surface area contributed by atoms with Gasteiger partial charge < -0.3 is 15.0 Å². The lowest BCUT2D eigenvalue weighted by Gasteiger charge is -2.16. The van der Waals surface area contributed by atoms with E-state index in [1.54, 1.807) is 7.11 Å². The molecule has 6 heteroatoms. The van der Waals surface area contributed by atoms with Gasteiger partial charge in [0.15, 0.2) is 0 Å². The third kappa shape index (κ3) is 5.05. The predicted octanol–water partition coefficient (Wildman–Crippen LogP) is 2.81. The van der Waals surface area contributed by atoms with E-state index in [9.17, 15) is 0 Å². The third-order valence-electron chi connectivity index (χ3n) is 4.16. The topological polar surface area (TPSA) is 42.3 Å². The highest BCUT2D eigenvalue weighted by molar-refractivity contribution is 6.30. The summed E-state index contributed by atoms with van der Waals surface area (Å²) in [5.74, 6) is 0. The molecule has 0 aliphatic heterocycles. The van der Waals surface area contributed by atoms with Crippen molar-refractivity contribution in [3.63, 3.8) is 0 Å². The Labute approximate surface area is 149 Å². The number of aryl methyl sites for hydroxylation is 1. The van der Waals surface area contributed by atoms with E-state index in [2.05, 4.69) is 36.2 Å². The molecule has 132 valence electrons. The van der Waals surface area contributed by atoms with Crippen LogP contribution in [0.4, 0.5) is 0 Å². The summed E-state index contributed by atoms with van der Waals surface area (Å²) in [5, 5.41) is 8.91. The van der Waals surface area contributed by atoms with E-state index in [0.29, 0.717) is 0 Å². The minimum Gasteiger partial charge on any atom is -0.383 e. The van der Waals surface area contributed by atoms with Gasteiger partial charge in [-0.2, -0.15) is 5.10 Å². The first-order valence-corrected chi connectivity index (χ1v) is 8.60. The molecule has 2 rings (SSSR count). The van der Waals surface area contributed by atoms with Crippen molar-refractivity contribution < 1.29 is 4.74 Å². The average Bonchev–Trinajstić information content (AvgIpc) is 2.85. The zero-order chi connectivity index (χ0) is 17.5. The summed E-state index contributed by atoms with van der Waals surface area (Å²) >= 11 is 5.97. The molecule has 1 aromatic carbocycles. The molecule has 1 N–H and O–H groups in total. The Morgan fingerprint density at radius 1 is 1.21 bits per heavy atom. The van der Waals surface area contributed by atoms with Gasteiger partial charge in [-0.25, -0.2) is 4.68 Å². The molecule has 0 atom stereocenters. The highest BCUT2D eigenvalue weighted by atomic mass is 35.5. The first-order valence-electron chi connectivity index (χ1n) is 8.22. The Morgan fingerprint density at radius 2 is 1.92 bits per heavy atom. The zero-order valence-electron chi connectivity index (χ0n) is 15.0. The van der Waals surface area contributed by atoms with Gasteiger partial charge in [0.05, 0.1) is 18.0 Å². The summed E-state index contributed by atoms with van der Waals surface area (Å²) in [6, 6.07) is 7.76. The van der Waals surface area contributed by atoms with Crippen LogP contribution >= 0.6 is 11.6 Å². The van der Waals surface area contributed by atoms with Crippen molar-refractivity contribution in [2.75, 3.05) is 40.4 Å². The van der Waals surface area contributed by atoms with Crippen LogP contribution in [-0.2, 0) is 11.3 Å². The van der Waals surface area contributed by atoms with Crippen LogP contribution in [0.2, 0.25) is 5.02 Å². The fraction of sp³-hybridized carbons (Fsp3) is 0.500. The maximum Gasteiger partial charge on any atom is 0.0649 e. The highest BCUT2D eigenvalue weighted by Crippen LogP contribution is 2.19. The molecule has 1 heterocycles. The quantitative estimate of drug-likeness (QED) is 0.706. The summed E-state index contributed by atoms with van der Waals surface area (Å²) < 4.78 is 7.07. The summed E-state index contributed by atoms with van der Waals surface area (Å²) in [5.41, 5.74) is 4.51. The van der Waals surface area contributed by atoms with Crippen LogP contribution in [0.5, 0.6) is 0 Å². The zero-order valence-corrected chi connectivity index (χ0v) is 15.7. The van der Waals surface area contributed by atoms with Gasteiger partial charge in [0.25, 0.3) is 0 Å². The van der Waals surface area contributed by atoms with E-state index >= 15 is 0 Å². The first kappa shape index (κ1) is 18.9. The number of nitrogens with one attached hydrogen (secondary N) is 1. The normalized spacial score (nSPS) is 11.4. The van der Waals surface area contributed by atoms with Crippen LogP contribution in [-0.4, -0.2) is 55.1 Å². The van der Waals surface area contributed by atoms with E-state index in [1.165, 1.54) is 5.56 Å². The van der Waals surface area contributed by atoms with E-state index in [4.69, 9.17) is 16.3 Å². The van der Waals surface area contributed by atoms with Crippen LogP contribution in [0.25, 0.3) is 5.69 Å². The highest BCUT2D eigenvalue weighted by Gasteiger charge is 2.12. The minimum absolute atomic E-state index is 0.736. The molecular weight excluding hydrogens is 324 g/mol. The molecule has 0 aliphatic rings. The smallest absolute Gasteiger partial charge is 0.0649 e. The molecule has 24 heavy (non-hydrogen) atoms. The Bertz CT molecular complexity index is 639. The van der Waals surface area contributed by atoms with Gasteiger partial charge in [-0.05, 0) is 45.2 Å². The molecule has 0 saturated carbocycles. The number of hydrogen-bond acceptors (Lipinski definition) is 4. The molecule has 0 spiro atoms. The van der Waals surface area contributed by atoms with Crippen molar-refractivity contribution in [2.24, 2.45) is 0 Å². The molecule has 0 radical (unpaired) electrons. The Hall–Kier alpha value is -1.40. The van der Waals surface area contributed by atoms with Gasteiger partial charge in [0, 0.05) is 49.6 Å². The lowest BCUT2D eigenvalue weighted by atomic mass is 10.2. The number of halogens is 1. The lowest BCUT2D eigenvalue weighted by Crippen LogP contribution is -2.31. The number of methoxy groups -OCH3 is 1.